The first kappa shape index (κ1) is 27.1. The number of hydrogen-bond donors (Lipinski definition) is 5. The molecule has 4 aromatic rings. The van der Waals surface area contributed by atoms with Crippen molar-refractivity contribution in [1.29, 1.82) is 0 Å². The SMILES string of the molecule is COC1=CC(=O)c2c(c(-c3c(OC)cc4cc5c(c(O)c4c3O)C(=O)C[C@](C)(O)C5)c3cc(C)cc(O)c3c2O)C1=O. The fraction of sp³-hybridized carbons (Fsp3) is 0.219. The predicted molar refractivity (Wildman–Crippen MR) is 152 cm³/mol. The van der Waals surface area contributed by atoms with E-state index in [1.807, 2.05) is 0 Å². The topological polar surface area (TPSA) is 171 Å². The van der Waals surface area contributed by atoms with Crippen molar-refractivity contribution in [2.24, 2.45) is 0 Å². The molecule has 4 aromatic carbocycles. The number of ether oxygens (including phenoxy) is 2. The average Bonchev–Trinajstić information content (AvgIpc) is 2.89. The molecule has 0 bridgehead atoms. The van der Waals surface area contributed by atoms with Crippen LogP contribution in [0.1, 0.15) is 55.5 Å². The molecule has 0 unspecified atom stereocenters. The van der Waals surface area contributed by atoms with Gasteiger partial charge in [0.15, 0.2) is 17.3 Å². The van der Waals surface area contributed by atoms with Gasteiger partial charge in [-0.3, -0.25) is 14.4 Å². The van der Waals surface area contributed by atoms with E-state index in [1.54, 1.807) is 19.1 Å². The van der Waals surface area contributed by atoms with Crippen LogP contribution in [0.2, 0.25) is 0 Å². The molecule has 0 fully saturated rings. The summed E-state index contributed by atoms with van der Waals surface area (Å²) in [5, 5.41) is 56.0. The molecule has 0 saturated heterocycles. The highest BCUT2D eigenvalue weighted by Crippen LogP contribution is 2.54. The van der Waals surface area contributed by atoms with Gasteiger partial charge in [-0.2, -0.15) is 0 Å². The zero-order valence-electron chi connectivity index (χ0n) is 23.1. The molecule has 0 saturated carbocycles. The van der Waals surface area contributed by atoms with Crippen LogP contribution in [0, 0.1) is 6.92 Å². The first-order valence-electron chi connectivity index (χ1n) is 13.0. The summed E-state index contributed by atoms with van der Waals surface area (Å²) in [7, 11) is 2.53. The summed E-state index contributed by atoms with van der Waals surface area (Å²) in [5.41, 5.74) is -1.32. The Balaban J connectivity index is 1.83. The summed E-state index contributed by atoms with van der Waals surface area (Å²) < 4.78 is 10.8. The van der Waals surface area contributed by atoms with Gasteiger partial charge in [0.25, 0.3) is 0 Å². The van der Waals surface area contributed by atoms with E-state index in [1.165, 1.54) is 33.3 Å². The van der Waals surface area contributed by atoms with Crippen LogP contribution in [0.5, 0.6) is 28.7 Å². The van der Waals surface area contributed by atoms with Gasteiger partial charge in [0, 0.05) is 30.0 Å². The molecule has 10 nitrogen and oxygen atoms in total. The molecular weight excluding hydrogens is 544 g/mol. The van der Waals surface area contributed by atoms with Gasteiger partial charge in [0.1, 0.15) is 28.7 Å². The Labute approximate surface area is 238 Å². The Hall–Kier alpha value is -5.09. The van der Waals surface area contributed by atoms with Crippen molar-refractivity contribution in [2.45, 2.75) is 32.3 Å². The maximum absolute atomic E-state index is 13.7. The minimum Gasteiger partial charge on any atom is -0.507 e. The smallest absolute Gasteiger partial charge is 0.229 e. The molecule has 6 rings (SSSR count). The Morgan fingerprint density at radius 2 is 1.43 bits per heavy atom. The maximum Gasteiger partial charge on any atom is 0.229 e. The maximum atomic E-state index is 13.7. The number of carbonyl (C=O) groups is 3. The van der Waals surface area contributed by atoms with Gasteiger partial charge in [0.05, 0.1) is 47.3 Å². The van der Waals surface area contributed by atoms with Crippen LogP contribution in [0.25, 0.3) is 32.7 Å². The molecule has 42 heavy (non-hydrogen) atoms. The molecule has 5 N–H and O–H groups in total. The number of hydrogen-bond acceptors (Lipinski definition) is 10. The number of allylic oxidation sites excluding steroid dienone is 2. The number of Topliss-reactive ketones (excluding diaryl/α,β-unsaturated/α-hetero) is 2. The van der Waals surface area contributed by atoms with E-state index >= 15 is 0 Å². The van der Waals surface area contributed by atoms with Gasteiger partial charge in [0.2, 0.25) is 5.78 Å². The lowest BCUT2D eigenvalue weighted by Crippen LogP contribution is -2.35. The van der Waals surface area contributed by atoms with Crippen molar-refractivity contribution in [1.82, 2.24) is 0 Å². The zero-order valence-corrected chi connectivity index (χ0v) is 23.1. The highest BCUT2D eigenvalue weighted by molar-refractivity contribution is 6.32. The third-order valence-electron chi connectivity index (χ3n) is 7.97. The van der Waals surface area contributed by atoms with E-state index in [9.17, 15) is 39.9 Å². The summed E-state index contributed by atoms with van der Waals surface area (Å²) in [6.45, 7) is 3.19. The van der Waals surface area contributed by atoms with Crippen molar-refractivity contribution < 1.29 is 49.4 Å². The molecule has 10 heteroatoms. The van der Waals surface area contributed by atoms with Crippen molar-refractivity contribution in [3.05, 3.63) is 63.9 Å². The molecule has 2 aliphatic carbocycles. The standard InChI is InChI=1S/C32H26O10/c1-12-5-15-23(16(33)6-12)31(39)25-17(34)9-20(42-4)28(36)27(25)24(15)26-19(41-3)8-13-7-14-10-32(2,40)11-18(35)21(14)29(37)22(13)30(26)38/h5-9,33,37-40H,10-11H2,1-4H3/t32-/m1/s1. The van der Waals surface area contributed by atoms with Crippen molar-refractivity contribution in [2.75, 3.05) is 14.2 Å². The van der Waals surface area contributed by atoms with Gasteiger partial charge >= 0.3 is 0 Å². The lowest BCUT2D eigenvalue weighted by molar-refractivity contribution is 0.0409. The Morgan fingerprint density at radius 3 is 2.10 bits per heavy atom. The average molecular weight is 571 g/mol. The summed E-state index contributed by atoms with van der Waals surface area (Å²) in [6, 6.07) is 6.00. The number of aryl methyl sites for hydroxylation is 1. The zero-order chi connectivity index (χ0) is 30.4. The molecule has 0 aliphatic heterocycles. The van der Waals surface area contributed by atoms with Crippen LogP contribution >= 0.6 is 0 Å². The molecule has 2 aliphatic rings. The van der Waals surface area contributed by atoms with Crippen LogP contribution in [0.3, 0.4) is 0 Å². The lowest BCUT2D eigenvalue weighted by Gasteiger charge is -2.30. The van der Waals surface area contributed by atoms with Crippen LogP contribution in [0.4, 0.5) is 0 Å². The van der Waals surface area contributed by atoms with Crippen LogP contribution in [-0.4, -0.2) is 62.7 Å². The van der Waals surface area contributed by atoms with E-state index in [0.717, 1.165) is 6.08 Å². The number of fused-ring (bicyclic) bond motifs is 4. The number of methoxy groups -OCH3 is 2. The van der Waals surface area contributed by atoms with Gasteiger partial charge in [-0.1, -0.05) is 6.07 Å². The van der Waals surface area contributed by atoms with Crippen molar-refractivity contribution in [3.63, 3.8) is 0 Å². The Bertz CT molecular complexity index is 1980. The summed E-state index contributed by atoms with van der Waals surface area (Å²) in [5.74, 6) is -4.41. The molecule has 0 heterocycles. The summed E-state index contributed by atoms with van der Waals surface area (Å²) >= 11 is 0. The first-order valence-corrected chi connectivity index (χ1v) is 13.0. The van der Waals surface area contributed by atoms with Gasteiger partial charge in [-0.15, -0.1) is 0 Å². The fourth-order valence-corrected chi connectivity index (χ4v) is 6.30. The second-order valence-corrected chi connectivity index (χ2v) is 11.0. The second-order valence-electron chi connectivity index (χ2n) is 11.0. The number of aliphatic hydroxyl groups is 1. The molecule has 0 amide bonds. The number of phenols is 4. The van der Waals surface area contributed by atoms with Crippen LogP contribution < -0.4 is 4.74 Å². The monoisotopic (exact) mass is 570 g/mol. The fourth-order valence-electron chi connectivity index (χ4n) is 6.30. The van der Waals surface area contributed by atoms with E-state index in [2.05, 4.69) is 0 Å². The van der Waals surface area contributed by atoms with E-state index in [0.29, 0.717) is 11.1 Å². The van der Waals surface area contributed by atoms with E-state index in [-0.39, 0.29) is 73.9 Å². The molecule has 0 spiro atoms. The van der Waals surface area contributed by atoms with Crippen molar-refractivity contribution >= 4 is 38.9 Å². The number of rotatable bonds is 3. The predicted octanol–water partition coefficient (Wildman–Crippen LogP) is 4.59. The molecular formula is C32H26O10. The van der Waals surface area contributed by atoms with Crippen LogP contribution in [-0.2, 0) is 11.2 Å². The molecule has 0 radical (unpaired) electrons. The van der Waals surface area contributed by atoms with Gasteiger partial charge in [-0.05, 0) is 53.9 Å². The summed E-state index contributed by atoms with van der Waals surface area (Å²) in [6.07, 6.45) is 0.779. The van der Waals surface area contributed by atoms with Crippen LogP contribution in [0.15, 0.2) is 36.1 Å². The Kier molecular flexibility index (Phi) is 5.78. The largest absolute Gasteiger partial charge is 0.507 e. The van der Waals surface area contributed by atoms with E-state index < -0.39 is 45.8 Å². The second kappa shape index (κ2) is 8.95. The van der Waals surface area contributed by atoms with Gasteiger partial charge in [-0.25, -0.2) is 0 Å². The van der Waals surface area contributed by atoms with Gasteiger partial charge < -0.3 is 35.0 Å². The quantitative estimate of drug-likeness (QED) is 0.235. The molecule has 1 atom stereocenters. The Morgan fingerprint density at radius 1 is 0.762 bits per heavy atom. The first-order chi connectivity index (χ1) is 19.8. The van der Waals surface area contributed by atoms with E-state index in [4.69, 9.17) is 9.47 Å². The minimum absolute atomic E-state index is 0.0252. The number of phenolic OH excluding ortho intramolecular Hbond substituents is 4. The highest BCUT2D eigenvalue weighted by atomic mass is 16.5. The molecule has 214 valence electrons. The minimum atomic E-state index is -1.32. The highest BCUT2D eigenvalue weighted by Gasteiger charge is 2.39. The number of carbonyl (C=O) groups excluding carboxylic acids is 3. The number of benzene rings is 4. The third kappa shape index (κ3) is 3.65. The third-order valence-corrected chi connectivity index (χ3v) is 7.97. The lowest BCUT2D eigenvalue weighted by atomic mass is 9.78. The molecule has 0 aromatic heterocycles. The number of aromatic hydroxyl groups is 4. The normalized spacial score (nSPS) is 18.2. The number of ketones is 3. The van der Waals surface area contributed by atoms with Crippen molar-refractivity contribution in [3.8, 4) is 39.9 Å². The summed E-state index contributed by atoms with van der Waals surface area (Å²) in [4.78, 5) is 40.0.